The first-order valence-corrected chi connectivity index (χ1v) is 14.7. The van der Waals surface area contributed by atoms with Crippen molar-refractivity contribution in [3.05, 3.63) is 83.4 Å². The van der Waals surface area contributed by atoms with Gasteiger partial charge in [-0.2, -0.15) is 0 Å². The smallest absolute Gasteiger partial charge is 0.0105 e. The average molecular weight is 467 g/mol. The summed E-state index contributed by atoms with van der Waals surface area (Å²) >= 11 is 0. The van der Waals surface area contributed by atoms with E-state index in [1.807, 2.05) is 0 Å². The second kappa shape index (κ2) is 13.7. The highest BCUT2D eigenvalue weighted by molar-refractivity contribution is 5.84. The third-order valence-electron chi connectivity index (χ3n) is 8.04. The zero-order chi connectivity index (χ0) is 24.3. The standard InChI is InChI=1S/C35H46/c1-3-5-7-9-11-16-24-32-29(28-20-14-13-15-21-28)26-27-34-31-23-19-18-22-30(31)33(35(32)34)25-17-12-10-8-6-4-2/h13-15,18-23,26-27,33H,3-12,16-17,24-25H2,1-2H3. The van der Waals surface area contributed by atoms with Gasteiger partial charge in [-0.1, -0.05) is 151 Å². The molecule has 1 aliphatic carbocycles. The van der Waals surface area contributed by atoms with E-state index < -0.39 is 0 Å². The maximum absolute atomic E-state index is 2.43. The second-order valence-electron chi connectivity index (χ2n) is 10.6. The molecule has 0 saturated heterocycles. The van der Waals surface area contributed by atoms with Gasteiger partial charge in [-0.15, -0.1) is 0 Å². The Kier molecular flexibility index (Phi) is 10.1. The Balaban J connectivity index is 1.63. The van der Waals surface area contributed by atoms with Gasteiger partial charge in [-0.3, -0.25) is 0 Å². The molecule has 0 bridgehead atoms. The minimum atomic E-state index is 0.561. The fraction of sp³-hybridized carbons (Fsp3) is 0.486. The SMILES string of the molecule is CCCCCCCCc1c(-c2ccccc2)ccc2c1C(CCCCCCCC)c1ccccc1-2. The van der Waals surface area contributed by atoms with Crippen LogP contribution >= 0.6 is 0 Å². The number of rotatable bonds is 15. The molecule has 0 nitrogen and oxygen atoms in total. The van der Waals surface area contributed by atoms with E-state index in [0.29, 0.717) is 5.92 Å². The van der Waals surface area contributed by atoms with Crippen LogP contribution in [0.5, 0.6) is 0 Å². The van der Waals surface area contributed by atoms with Gasteiger partial charge in [-0.05, 0) is 58.2 Å². The first kappa shape index (κ1) is 25.7. The normalized spacial score (nSPS) is 14.2. The summed E-state index contributed by atoms with van der Waals surface area (Å²) < 4.78 is 0. The molecule has 1 unspecified atom stereocenters. The molecule has 3 aromatic rings. The van der Waals surface area contributed by atoms with Crippen molar-refractivity contribution < 1.29 is 0 Å². The van der Waals surface area contributed by atoms with Crippen molar-refractivity contribution in [1.29, 1.82) is 0 Å². The van der Waals surface area contributed by atoms with Crippen LogP contribution in [0.1, 0.15) is 120 Å². The van der Waals surface area contributed by atoms with Gasteiger partial charge in [0, 0.05) is 5.92 Å². The van der Waals surface area contributed by atoms with Crippen molar-refractivity contribution in [2.75, 3.05) is 0 Å². The van der Waals surface area contributed by atoms with E-state index in [1.165, 1.54) is 112 Å². The average Bonchev–Trinajstić information content (AvgIpc) is 3.22. The highest BCUT2D eigenvalue weighted by Crippen LogP contribution is 2.50. The Bertz CT molecular complexity index is 1030. The van der Waals surface area contributed by atoms with Crippen LogP contribution in [-0.2, 0) is 6.42 Å². The molecule has 0 N–H and O–H groups in total. The molecule has 0 radical (unpaired) electrons. The first-order chi connectivity index (χ1) is 17.3. The first-order valence-electron chi connectivity index (χ1n) is 14.7. The molecule has 0 aromatic heterocycles. The van der Waals surface area contributed by atoms with E-state index in [1.54, 1.807) is 16.7 Å². The Labute approximate surface area is 215 Å². The van der Waals surface area contributed by atoms with E-state index in [2.05, 4.69) is 80.6 Å². The van der Waals surface area contributed by atoms with Gasteiger partial charge in [-0.25, -0.2) is 0 Å². The van der Waals surface area contributed by atoms with E-state index in [-0.39, 0.29) is 0 Å². The van der Waals surface area contributed by atoms with Crippen LogP contribution in [0, 0.1) is 0 Å². The van der Waals surface area contributed by atoms with Crippen LogP contribution in [0.15, 0.2) is 66.7 Å². The summed E-state index contributed by atoms with van der Waals surface area (Å²) in [6.07, 6.45) is 18.9. The van der Waals surface area contributed by atoms with Crippen LogP contribution in [0.3, 0.4) is 0 Å². The lowest BCUT2D eigenvalue weighted by molar-refractivity contribution is 0.568. The summed E-state index contributed by atoms with van der Waals surface area (Å²) in [5.74, 6) is 0.561. The number of hydrogen-bond donors (Lipinski definition) is 0. The Morgan fingerprint density at radius 3 is 1.86 bits per heavy atom. The third kappa shape index (κ3) is 6.46. The largest absolute Gasteiger partial charge is 0.0654 e. The molecular weight excluding hydrogens is 420 g/mol. The summed E-state index contributed by atoms with van der Waals surface area (Å²) in [4.78, 5) is 0. The fourth-order valence-electron chi connectivity index (χ4n) is 6.17. The van der Waals surface area contributed by atoms with Crippen molar-refractivity contribution >= 4 is 0 Å². The Morgan fingerprint density at radius 2 is 1.11 bits per heavy atom. The van der Waals surface area contributed by atoms with Crippen molar-refractivity contribution in [3.63, 3.8) is 0 Å². The van der Waals surface area contributed by atoms with Gasteiger partial charge in [0.15, 0.2) is 0 Å². The summed E-state index contributed by atoms with van der Waals surface area (Å²) in [5.41, 5.74) is 10.7. The van der Waals surface area contributed by atoms with E-state index >= 15 is 0 Å². The van der Waals surface area contributed by atoms with Crippen LogP contribution in [-0.4, -0.2) is 0 Å². The lowest BCUT2D eigenvalue weighted by atomic mass is 9.83. The topological polar surface area (TPSA) is 0 Å². The lowest BCUT2D eigenvalue weighted by Gasteiger charge is -2.21. The Morgan fingerprint density at radius 1 is 0.514 bits per heavy atom. The minimum absolute atomic E-state index is 0.561. The molecule has 0 fully saturated rings. The molecule has 0 spiro atoms. The fourth-order valence-corrected chi connectivity index (χ4v) is 6.17. The zero-order valence-electron chi connectivity index (χ0n) is 22.3. The number of unbranched alkanes of at least 4 members (excludes halogenated alkanes) is 10. The molecule has 0 heteroatoms. The maximum atomic E-state index is 2.43. The van der Waals surface area contributed by atoms with Gasteiger partial charge in [0.05, 0.1) is 0 Å². The van der Waals surface area contributed by atoms with Crippen LogP contribution in [0.4, 0.5) is 0 Å². The molecule has 3 aromatic carbocycles. The maximum Gasteiger partial charge on any atom is 0.0105 e. The van der Waals surface area contributed by atoms with E-state index in [4.69, 9.17) is 0 Å². The van der Waals surface area contributed by atoms with Gasteiger partial charge in [0.2, 0.25) is 0 Å². The molecule has 0 heterocycles. The summed E-state index contributed by atoms with van der Waals surface area (Å²) in [6.45, 7) is 4.61. The lowest BCUT2D eigenvalue weighted by Crippen LogP contribution is -2.04. The van der Waals surface area contributed by atoms with Gasteiger partial charge >= 0.3 is 0 Å². The molecule has 35 heavy (non-hydrogen) atoms. The van der Waals surface area contributed by atoms with Crippen LogP contribution < -0.4 is 0 Å². The van der Waals surface area contributed by atoms with Crippen molar-refractivity contribution in [2.45, 2.75) is 110 Å². The minimum Gasteiger partial charge on any atom is -0.0654 e. The summed E-state index contributed by atoms with van der Waals surface area (Å²) in [7, 11) is 0. The third-order valence-corrected chi connectivity index (χ3v) is 8.04. The van der Waals surface area contributed by atoms with Crippen molar-refractivity contribution in [2.24, 2.45) is 0 Å². The van der Waals surface area contributed by atoms with E-state index in [0.717, 1.165) is 0 Å². The molecule has 1 aliphatic rings. The Hall–Kier alpha value is -2.34. The number of hydrogen-bond acceptors (Lipinski definition) is 0. The predicted molar refractivity (Wildman–Crippen MR) is 154 cm³/mol. The zero-order valence-corrected chi connectivity index (χ0v) is 22.3. The molecule has 1 atom stereocenters. The molecule has 0 amide bonds. The second-order valence-corrected chi connectivity index (χ2v) is 10.6. The molecule has 4 rings (SSSR count). The van der Waals surface area contributed by atoms with Gasteiger partial charge in [0.1, 0.15) is 0 Å². The van der Waals surface area contributed by atoms with Crippen LogP contribution in [0.2, 0.25) is 0 Å². The summed E-state index contributed by atoms with van der Waals surface area (Å²) in [5, 5.41) is 0. The molecule has 186 valence electrons. The molecular formula is C35H46. The monoisotopic (exact) mass is 466 g/mol. The van der Waals surface area contributed by atoms with Crippen LogP contribution in [0.25, 0.3) is 22.3 Å². The molecule has 0 aliphatic heterocycles. The van der Waals surface area contributed by atoms with Gasteiger partial charge < -0.3 is 0 Å². The predicted octanol–water partition coefficient (Wildman–Crippen LogP) is 11.1. The van der Waals surface area contributed by atoms with Crippen molar-refractivity contribution in [3.8, 4) is 22.3 Å². The van der Waals surface area contributed by atoms with Crippen molar-refractivity contribution in [1.82, 2.24) is 0 Å². The van der Waals surface area contributed by atoms with E-state index in [9.17, 15) is 0 Å². The highest BCUT2D eigenvalue weighted by Gasteiger charge is 2.31. The number of benzene rings is 3. The summed E-state index contributed by atoms with van der Waals surface area (Å²) in [6, 6.07) is 25.3. The number of fused-ring (bicyclic) bond motifs is 3. The quantitative estimate of drug-likeness (QED) is 0.195. The highest BCUT2D eigenvalue weighted by atomic mass is 14.3. The van der Waals surface area contributed by atoms with Gasteiger partial charge in [0.25, 0.3) is 0 Å². The molecule has 0 saturated carbocycles.